The van der Waals surface area contributed by atoms with Gasteiger partial charge in [-0.05, 0) is 50.6 Å². The van der Waals surface area contributed by atoms with Gasteiger partial charge < -0.3 is 9.84 Å². The SMILES string of the molecule is CCC1(C(=O)O)CCN(Cc2cc(Br)ccc2OC)CC1. The van der Waals surface area contributed by atoms with E-state index in [1.807, 2.05) is 19.1 Å². The van der Waals surface area contributed by atoms with Crippen molar-refractivity contribution < 1.29 is 14.6 Å². The molecule has 0 unspecified atom stereocenters. The van der Waals surface area contributed by atoms with Gasteiger partial charge in [-0.15, -0.1) is 0 Å². The fourth-order valence-corrected chi connectivity index (χ4v) is 3.38. The quantitative estimate of drug-likeness (QED) is 0.877. The highest BCUT2D eigenvalue weighted by molar-refractivity contribution is 9.10. The van der Waals surface area contributed by atoms with Gasteiger partial charge in [-0.2, -0.15) is 0 Å². The molecule has 1 heterocycles. The Morgan fingerprint density at radius 2 is 2.10 bits per heavy atom. The lowest BCUT2D eigenvalue weighted by Crippen LogP contribution is -2.43. The number of benzene rings is 1. The highest BCUT2D eigenvalue weighted by Gasteiger charge is 2.39. The summed E-state index contributed by atoms with van der Waals surface area (Å²) in [6, 6.07) is 5.99. The number of carbonyl (C=O) groups is 1. The number of aliphatic carboxylic acids is 1. The number of nitrogens with zero attached hydrogens (tertiary/aromatic N) is 1. The Hall–Kier alpha value is -1.07. The molecular formula is C16H22BrNO3. The Bertz CT molecular complexity index is 510. The topological polar surface area (TPSA) is 49.8 Å². The highest BCUT2D eigenvalue weighted by Crippen LogP contribution is 2.36. The standard InChI is InChI=1S/C16H22BrNO3/c1-3-16(15(19)20)6-8-18(9-7-16)11-12-10-13(17)4-5-14(12)21-2/h4-5,10H,3,6-9,11H2,1-2H3,(H,19,20). The maximum atomic E-state index is 11.5. The smallest absolute Gasteiger partial charge is 0.309 e. The van der Waals surface area contributed by atoms with Crippen molar-refractivity contribution in [3.63, 3.8) is 0 Å². The van der Waals surface area contributed by atoms with Gasteiger partial charge in [-0.1, -0.05) is 22.9 Å². The molecule has 0 atom stereocenters. The minimum Gasteiger partial charge on any atom is -0.496 e. The molecule has 0 aliphatic carbocycles. The van der Waals surface area contributed by atoms with Gasteiger partial charge in [0.05, 0.1) is 12.5 Å². The monoisotopic (exact) mass is 355 g/mol. The number of piperidine rings is 1. The lowest BCUT2D eigenvalue weighted by molar-refractivity contribution is -0.152. The van der Waals surface area contributed by atoms with E-state index in [1.165, 1.54) is 0 Å². The second-order valence-electron chi connectivity index (χ2n) is 5.67. The molecule has 1 aromatic carbocycles. The zero-order chi connectivity index (χ0) is 15.5. The lowest BCUT2D eigenvalue weighted by atomic mass is 9.76. The molecular weight excluding hydrogens is 334 g/mol. The van der Waals surface area contributed by atoms with Crippen LogP contribution < -0.4 is 4.74 Å². The number of halogens is 1. The average Bonchev–Trinajstić information content (AvgIpc) is 2.48. The van der Waals surface area contributed by atoms with E-state index in [1.54, 1.807) is 7.11 Å². The third-order valence-electron chi connectivity index (χ3n) is 4.58. The summed E-state index contributed by atoms with van der Waals surface area (Å²) in [4.78, 5) is 13.8. The molecule has 5 heteroatoms. The summed E-state index contributed by atoms with van der Waals surface area (Å²) in [5, 5.41) is 9.44. The fraction of sp³-hybridized carbons (Fsp3) is 0.562. The third-order valence-corrected chi connectivity index (χ3v) is 5.07. The number of carboxylic acid groups (broad SMARTS) is 1. The van der Waals surface area contributed by atoms with Crippen molar-refractivity contribution in [3.8, 4) is 5.75 Å². The Kier molecular flexibility index (Phi) is 5.27. The van der Waals surface area contributed by atoms with E-state index in [0.29, 0.717) is 6.42 Å². The molecule has 1 aliphatic heterocycles. The molecule has 0 bridgehead atoms. The minimum atomic E-state index is -0.648. The number of ether oxygens (including phenoxy) is 1. The summed E-state index contributed by atoms with van der Waals surface area (Å²) in [7, 11) is 1.68. The first-order valence-corrected chi connectivity index (χ1v) is 8.08. The van der Waals surface area contributed by atoms with E-state index in [0.717, 1.165) is 48.3 Å². The lowest BCUT2D eigenvalue weighted by Gasteiger charge is -2.38. The largest absolute Gasteiger partial charge is 0.496 e. The summed E-state index contributed by atoms with van der Waals surface area (Å²) >= 11 is 3.49. The zero-order valence-electron chi connectivity index (χ0n) is 12.6. The van der Waals surface area contributed by atoms with Gasteiger partial charge in [0.2, 0.25) is 0 Å². The van der Waals surface area contributed by atoms with Crippen LogP contribution >= 0.6 is 15.9 Å². The first kappa shape index (κ1) is 16.3. The molecule has 2 rings (SSSR count). The third kappa shape index (κ3) is 3.58. The van der Waals surface area contributed by atoms with Crippen LogP contribution in [0.25, 0.3) is 0 Å². The van der Waals surface area contributed by atoms with Crippen LogP contribution in [0.4, 0.5) is 0 Å². The van der Waals surface area contributed by atoms with Crippen LogP contribution in [0, 0.1) is 5.41 Å². The summed E-state index contributed by atoms with van der Waals surface area (Å²) in [5.74, 6) is 0.230. The second-order valence-corrected chi connectivity index (χ2v) is 6.59. The number of rotatable bonds is 5. The Balaban J connectivity index is 2.04. The Morgan fingerprint density at radius 3 is 2.62 bits per heavy atom. The van der Waals surface area contributed by atoms with E-state index in [2.05, 4.69) is 26.9 Å². The molecule has 21 heavy (non-hydrogen) atoms. The van der Waals surface area contributed by atoms with E-state index >= 15 is 0 Å². The van der Waals surface area contributed by atoms with Gasteiger partial charge in [0.15, 0.2) is 0 Å². The predicted octanol–water partition coefficient (Wildman–Crippen LogP) is 3.53. The van der Waals surface area contributed by atoms with Gasteiger partial charge in [0.1, 0.15) is 5.75 Å². The molecule has 1 aromatic rings. The van der Waals surface area contributed by atoms with E-state index in [-0.39, 0.29) is 0 Å². The van der Waals surface area contributed by atoms with Crippen LogP contribution in [0.5, 0.6) is 5.75 Å². The summed E-state index contributed by atoms with van der Waals surface area (Å²) in [5.41, 5.74) is 0.601. The first-order valence-electron chi connectivity index (χ1n) is 7.29. The molecule has 4 nitrogen and oxygen atoms in total. The van der Waals surface area contributed by atoms with Gasteiger partial charge in [-0.25, -0.2) is 0 Å². The highest BCUT2D eigenvalue weighted by atomic mass is 79.9. The molecule has 0 aromatic heterocycles. The Morgan fingerprint density at radius 1 is 1.43 bits per heavy atom. The first-order chi connectivity index (χ1) is 10.0. The number of likely N-dealkylation sites (tertiary alicyclic amines) is 1. The van der Waals surface area contributed by atoms with Crippen LogP contribution in [-0.4, -0.2) is 36.2 Å². The molecule has 0 radical (unpaired) electrons. The number of hydrogen-bond donors (Lipinski definition) is 1. The maximum absolute atomic E-state index is 11.5. The molecule has 1 N–H and O–H groups in total. The molecule has 0 spiro atoms. The maximum Gasteiger partial charge on any atom is 0.309 e. The molecule has 1 aliphatic rings. The van der Waals surface area contributed by atoms with Crippen molar-refractivity contribution in [1.82, 2.24) is 4.90 Å². The second kappa shape index (κ2) is 6.79. The molecule has 0 amide bonds. The van der Waals surface area contributed by atoms with E-state index in [4.69, 9.17) is 4.74 Å². The molecule has 1 saturated heterocycles. The normalized spacial score (nSPS) is 18.4. The van der Waals surface area contributed by atoms with Gasteiger partial charge >= 0.3 is 5.97 Å². The predicted molar refractivity (Wildman–Crippen MR) is 85.6 cm³/mol. The Labute approximate surface area is 134 Å². The number of methoxy groups -OCH3 is 1. The van der Waals surface area contributed by atoms with Crippen LogP contribution in [0.3, 0.4) is 0 Å². The van der Waals surface area contributed by atoms with Crippen molar-refractivity contribution in [2.75, 3.05) is 20.2 Å². The molecule has 0 saturated carbocycles. The van der Waals surface area contributed by atoms with Crippen molar-refractivity contribution in [2.45, 2.75) is 32.7 Å². The van der Waals surface area contributed by atoms with E-state index in [9.17, 15) is 9.90 Å². The summed E-state index contributed by atoms with van der Waals surface area (Å²) < 4.78 is 6.43. The molecule has 116 valence electrons. The zero-order valence-corrected chi connectivity index (χ0v) is 14.1. The fourth-order valence-electron chi connectivity index (χ4n) is 2.97. The van der Waals surface area contributed by atoms with Crippen LogP contribution in [0.2, 0.25) is 0 Å². The summed E-state index contributed by atoms with van der Waals surface area (Å²) in [6.45, 7) is 4.40. The van der Waals surface area contributed by atoms with Crippen molar-refractivity contribution in [2.24, 2.45) is 5.41 Å². The molecule has 1 fully saturated rings. The minimum absolute atomic E-state index is 0.530. The van der Waals surface area contributed by atoms with Gasteiger partial charge in [0.25, 0.3) is 0 Å². The van der Waals surface area contributed by atoms with Crippen LogP contribution in [0.1, 0.15) is 31.7 Å². The van der Waals surface area contributed by atoms with Gasteiger partial charge in [0, 0.05) is 16.6 Å². The number of carboxylic acids is 1. The average molecular weight is 356 g/mol. The van der Waals surface area contributed by atoms with E-state index < -0.39 is 11.4 Å². The van der Waals surface area contributed by atoms with Crippen molar-refractivity contribution in [3.05, 3.63) is 28.2 Å². The number of hydrogen-bond acceptors (Lipinski definition) is 3. The summed E-state index contributed by atoms with van der Waals surface area (Å²) in [6.07, 6.45) is 2.14. The van der Waals surface area contributed by atoms with Crippen molar-refractivity contribution in [1.29, 1.82) is 0 Å². The van der Waals surface area contributed by atoms with Crippen molar-refractivity contribution >= 4 is 21.9 Å². The van der Waals surface area contributed by atoms with Crippen LogP contribution in [-0.2, 0) is 11.3 Å². The van der Waals surface area contributed by atoms with Crippen LogP contribution in [0.15, 0.2) is 22.7 Å². The van der Waals surface area contributed by atoms with Gasteiger partial charge in [-0.3, -0.25) is 9.69 Å².